The lowest BCUT2D eigenvalue weighted by atomic mass is 10.00. The summed E-state index contributed by atoms with van der Waals surface area (Å²) in [6, 6.07) is 0. The van der Waals surface area contributed by atoms with Crippen molar-refractivity contribution in [1.82, 2.24) is 9.13 Å². The molecule has 0 spiro atoms. The van der Waals surface area contributed by atoms with Crippen molar-refractivity contribution >= 4 is 96.0 Å². The minimum atomic E-state index is -0.456. The van der Waals surface area contributed by atoms with Crippen LogP contribution >= 0.6 is 63.7 Å². The fraction of sp³-hybridized carbons (Fsp3) is 0.533. The molecule has 0 aliphatic heterocycles. The Hall–Kier alpha value is -1.10. The molecule has 0 saturated heterocycles. The molecule has 0 atom stereocenters. The van der Waals surface area contributed by atoms with E-state index in [9.17, 15) is 19.2 Å². The van der Waals surface area contributed by atoms with Gasteiger partial charge >= 0.3 is 0 Å². The summed E-state index contributed by atoms with van der Waals surface area (Å²) >= 11 is 14.2. The number of hydrogen-bond donors (Lipinski definition) is 0. The number of unbranched alkanes of at least 4 members (excludes halogenated alkanes) is 10. The van der Waals surface area contributed by atoms with Gasteiger partial charge in [-0.3, -0.25) is 28.3 Å². The molecule has 6 nitrogen and oxygen atoms in total. The zero-order valence-electron chi connectivity index (χ0n) is 22.9. The lowest BCUT2D eigenvalue weighted by Crippen LogP contribution is -2.30. The first kappa shape index (κ1) is 31.8. The molecule has 0 N–H and O–H groups in total. The van der Waals surface area contributed by atoms with Crippen LogP contribution in [-0.2, 0) is 13.1 Å². The maximum atomic E-state index is 14.0. The second kappa shape index (κ2) is 13.9. The van der Waals surface area contributed by atoms with Crippen LogP contribution in [0.5, 0.6) is 0 Å². The van der Waals surface area contributed by atoms with E-state index in [1.807, 2.05) is 0 Å². The molecule has 0 radical (unpaired) electrons. The smallest absolute Gasteiger partial charge is 0.262 e. The van der Waals surface area contributed by atoms with E-state index in [0.717, 1.165) is 51.4 Å². The van der Waals surface area contributed by atoms with Gasteiger partial charge in [-0.05, 0) is 76.6 Å². The van der Waals surface area contributed by atoms with Gasteiger partial charge in [0.2, 0.25) is 0 Å². The van der Waals surface area contributed by atoms with Crippen molar-refractivity contribution in [3.63, 3.8) is 0 Å². The standard InChI is InChI=1S/C30H34Br4N2O4/c1-3-5-7-9-11-13-15-35-27(37)19-17-18(20(28(35)38)24(32)23(19)31)22-26(34)25(33)21(17)29(39)36(30(22)40)16-14-12-10-8-6-4-2/h3-16H2,1-2H3. The lowest BCUT2D eigenvalue weighted by Gasteiger charge is -2.09. The Morgan fingerprint density at radius 2 is 0.650 bits per heavy atom. The number of benzene rings is 2. The monoisotopic (exact) mass is 802 g/mol. The average molecular weight is 806 g/mol. The van der Waals surface area contributed by atoms with Gasteiger partial charge in [0.05, 0.1) is 21.5 Å². The summed E-state index contributed by atoms with van der Waals surface area (Å²) in [6.07, 6.45) is 12.2. The zero-order chi connectivity index (χ0) is 29.1. The van der Waals surface area contributed by atoms with Crippen molar-refractivity contribution in [1.29, 1.82) is 0 Å². The van der Waals surface area contributed by atoms with E-state index in [0.29, 0.717) is 41.5 Å². The number of aromatic nitrogens is 2. The molecular formula is C30H34Br4N2O4. The van der Waals surface area contributed by atoms with Crippen molar-refractivity contribution in [3.8, 4) is 0 Å². The summed E-state index contributed by atoms with van der Waals surface area (Å²) in [4.78, 5) is 56.0. The first-order valence-electron chi connectivity index (χ1n) is 14.3. The zero-order valence-corrected chi connectivity index (χ0v) is 29.3. The molecule has 6 rings (SSSR count). The van der Waals surface area contributed by atoms with Crippen LogP contribution in [0.4, 0.5) is 0 Å². The Labute approximate surface area is 266 Å². The molecule has 2 aromatic carbocycles. The molecule has 6 aromatic rings. The van der Waals surface area contributed by atoms with Gasteiger partial charge in [-0.15, -0.1) is 0 Å². The predicted octanol–water partition coefficient (Wildman–Crippen LogP) is 8.84. The number of halogens is 4. The van der Waals surface area contributed by atoms with Crippen molar-refractivity contribution in [3.05, 3.63) is 59.3 Å². The quantitative estimate of drug-likeness (QED) is 0.119. The fourth-order valence-electron chi connectivity index (χ4n) is 5.66. The highest BCUT2D eigenvalue weighted by Crippen LogP contribution is 2.45. The van der Waals surface area contributed by atoms with E-state index in [1.54, 1.807) is 0 Å². The summed E-state index contributed by atoms with van der Waals surface area (Å²) in [5.41, 5.74) is -1.83. The summed E-state index contributed by atoms with van der Waals surface area (Å²) < 4.78 is 4.24. The van der Waals surface area contributed by atoms with Crippen molar-refractivity contribution in [2.24, 2.45) is 0 Å². The van der Waals surface area contributed by atoms with Crippen molar-refractivity contribution in [2.45, 2.75) is 104 Å². The number of hydrogen-bond acceptors (Lipinski definition) is 4. The maximum Gasteiger partial charge on any atom is 0.262 e. The molecule has 4 aromatic heterocycles. The highest BCUT2D eigenvalue weighted by molar-refractivity contribution is 9.13. The second-order valence-corrected chi connectivity index (χ2v) is 13.7. The van der Waals surface area contributed by atoms with E-state index in [2.05, 4.69) is 77.6 Å². The first-order valence-corrected chi connectivity index (χ1v) is 17.4. The third kappa shape index (κ3) is 5.76. The second-order valence-electron chi connectivity index (χ2n) is 10.6. The molecule has 4 heterocycles. The third-order valence-corrected chi connectivity index (χ3v) is 12.1. The molecule has 10 heteroatoms. The van der Waals surface area contributed by atoms with Crippen LogP contribution in [0.15, 0.2) is 37.1 Å². The molecule has 0 fully saturated rings. The summed E-state index contributed by atoms with van der Waals surface area (Å²) in [5.74, 6) is 0. The fourth-order valence-corrected chi connectivity index (χ4v) is 7.93. The third-order valence-electron chi connectivity index (χ3n) is 7.82. The van der Waals surface area contributed by atoms with E-state index in [-0.39, 0.29) is 34.6 Å². The van der Waals surface area contributed by atoms with Gasteiger partial charge < -0.3 is 0 Å². The molecule has 216 valence electrons. The number of nitrogens with zero attached hydrogens (tertiary/aromatic N) is 2. The SMILES string of the molecule is CCCCCCCCn1c(=O)c2c(Br)c(Br)c(c1=O)c1c3c(Br)c(Br)c(c(=O)n(CCCCCCCC)c3=O)c21. The van der Waals surface area contributed by atoms with Gasteiger partial charge in [0.15, 0.2) is 0 Å². The van der Waals surface area contributed by atoms with Gasteiger partial charge in [0.25, 0.3) is 22.2 Å². The molecule has 0 saturated carbocycles. The molecule has 0 unspecified atom stereocenters. The predicted molar refractivity (Wildman–Crippen MR) is 180 cm³/mol. The van der Waals surface area contributed by atoms with E-state index >= 15 is 0 Å². The molecule has 4 bridgehead atoms. The topological polar surface area (TPSA) is 78.1 Å². The van der Waals surface area contributed by atoms with Gasteiger partial charge in [0.1, 0.15) is 0 Å². The minimum Gasteiger partial charge on any atom is -0.274 e. The number of fused-ring (bicyclic) bond motifs is 6. The highest BCUT2D eigenvalue weighted by atomic mass is 79.9. The van der Waals surface area contributed by atoms with Crippen LogP contribution in [0.1, 0.15) is 90.9 Å². The molecular weight excluding hydrogens is 772 g/mol. The molecule has 40 heavy (non-hydrogen) atoms. The van der Waals surface area contributed by atoms with E-state index < -0.39 is 22.2 Å². The van der Waals surface area contributed by atoms with Gasteiger partial charge in [-0.1, -0.05) is 78.1 Å². The van der Waals surface area contributed by atoms with Crippen LogP contribution in [0, 0.1) is 0 Å². The summed E-state index contributed by atoms with van der Waals surface area (Å²) in [7, 11) is 0. The van der Waals surface area contributed by atoms with Gasteiger partial charge in [-0.25, -0.2) is 0 Å². The molecule has 0 amide bonds. The van der Waals surface area contributed by atoms with Gasteiger partial charge in [0, 0.05) is 41.8 Å². The number of rotatable bonds is 14. The Morgan fingerprint density at radius 3 is 0.925 bits per heavy atom. The van der Waals surface area contributed by atoms with Crippen LogP contribution in [0.25, 0.3) is 32.3 Å². The maximum absolute atomic E-state index is 14.0. The first-order chi connectivity index (χ1) is 19.2. The van der Waals surface area contributed by atoms with Crippen LogP contribution in [0.3, 0.4) is 0 Å². The van der Waals surface area contributed by atoms with E-state index in [4.69, 9.17) is 0 Å². The summed E-state index contributed by atoms with van der Waals surface area (Å²) in [6.45, 7) is 4.89. The van der Waals surface area contributed by atoms with Gasteiger partial charge in [-0.2, -0.15) is 0 Å². The molecule has 0 aliphatic rings. The van der Waals surface area contributed by atoms with Crippen molar-refractivity contribution in [2.75, 3.05) is 0 Å². The highest BCUT2D eigenvalue weighted by Gasteiger charge is 2.29. The lowest BCUT2D eigenvalue weighted by molar-refractivity contribution is 0.545. The average Bonchev–Trinajstić information content (AvgIpc) is 3.13. The van der Waals surface area contributed by atoms with Crippen LogP contribution in [0.2, 0.25) is 0 Å². The van der Waals surface area contributed by atoms with Crippen LogP contribution in [-0.4, -0.2) is 9.13 Å². The largest absolute Gasteiger partial charge is 0.274 e. The Kier molecular flexibility index (Phi) is 11.1. The Balaban J connectivity index is 1.97. The molecule has 0 aliphatic carbocycles. The van der Waals surface area contributed by atoms with E-state index in [1.165, 1.54) is 22.0 Å². The Morgan fingerprint density at radius 1 is 0.400 bits per heavy atom. The van der Waals surface area contributed by atoms with Crippen LogP contribution < -0.4 is 22.2 Å². The Bertz CT molecular complexity index is 1530. The normalized spacial score (nSPS) is 12.1. The summed E-state index contributed by atoms with van der Waals surface area (Å²) in [5, 5.41) is 1.62. The minimum absolute atomic E-state index is 0.231. The van der Waals surface area contributed by atoms with Crippen molar-refractivity contribution < 1.29 is 0 Å².